The fourth-order valence-electron chi connectivity index (χ4n) is 2.53. The molecule has 2 rings (SSSR count). The van der Waals surface area contributed by atoms with E-state index in [0.717, 1.165) is 19.3 Å². The quantitative estimate of drug-likeness (QED) is 0.671. The third kappa shape index (κ3) is 3.68. The molecule has 1 aliphatic carbocycles. The maximum absolute atomic E-state index is 12.1. The number of ether oxygens (including phenoxy) is 2. The summed E-state index contributed by atoms with van der Waals surface area (Å²) >= 11 is 0. The normalized spacial score (nSPS) is 25.9. The van der Waals surface area contributed by atoms with E-state index in [1.807, 2.05) is 0 Å². The van der Waals surface area contributed by atoms with Crippen LogP contribution in [-0.4, -0.2) is 46.2 Å². The van der Waals surface area contributed by atoms with Crippen LogP contribution in [0, 0.1) is 11.3 Å². The van der Waals surface area contributed by atoms with Crippen molar-refractivity contribution in [2.75, 3.05) is 31.8 Å². The van der Waals surface area contributed by atoms with Gasteiger partial charge in [-0.15, -0.1) is 0 Å². The summed E-state index contributed by atoms with van der Waals surface area (Å²) in [5, 5.41) is 0. The summed E-state index contributed by atoms with van der Waals surface area (Å²) in [6.07, 6.45) is 2.66. The second-order valence-corrected chi connectivity index (χ2v) is 7.65. The Labute approximate surface area is 108 Å². The minimum atomic E-state index is -3.10. The van der Waals surface area contributed by atoms with E-state index in [9.17, 15) is 13.2 Å². The molecule has 0 spiro atoms. The molecule has 2 aliphatic rings. The molecular formula is C12H20O5S. The molecular weight excluding hydrogens is 256 g/mol. The summed E-state index contributed by atoms with van der Waals surface area (Å²) in [5.74, 6) is 0.123. The molecule has 0 aromatic carbocycles. The van der Waals surface area contributed by atoms with E-state index in [1.165, 1.54) is 7.11 Å². The van der Waals surface area contributed by atoms with Crippen molar-refractivity contribution in [3.63, 3.8) is 0 Å². The summed E-state index contributed by atoms with van der Waals surface area (Å²) < 4.78 is 34.0. The average Bonchev–Trinajstić information content (AvgIpc) is 2.82. The molecule has 1 saturated carbocycles. The molecule has 0 aromatic heterocycles. The van der Waals surface area contributed by atoms with E-state index in [-0.39, 0.29) is 35.2 Å². The summed E-state index contributed by atoms with van der Waals surface area (Å²) in [5.41, 5.74) is -0.342. The van der Waals surface area contributed by atoms with Gasteiger partial charge < -0.3 is 9.47 Å². The number of methoxy groups -OCH3 is 1. The zero-order valence-corrected chi connectivity index (χ0v) is 11.5. The van der Waals surface area contributed by atoms with Gasteiger partial charge in [-0.05, 0) is 30.6 Å². The molecule has 1 atom stereocenters. The number of rotatable bonds is 6. The molecule has 0 radical (unpaired) electrons. The van der Waals surface area contributed by atoms with E-state index >= 15 is 0 Å². The highest BCUT2D eigenvalue weighted by atomic mass is 32.2. The van der Waals surface area contributed by atoms with E-state index in [4.69, 9.17) is 4.74 Å². The maximum atomic E-state index is 12.1. The number of carbonyl (C=O) groups excluding carboxylic acids is 1. The zero-order valence-electron chi connectivity index (χ0n) is 10.7. The van der Waals surface area contributed by atoms with Crippen molar-refractivity contribution in [3.8, 4) is 0 Å². The standard InChI is InChI=1S/C12H20O5S/c1-16-11(13)6-12(3-4-12)9-18(14,15)8-10-2-5-17-7-10/h10H,2-9H2,1H3. The van der Waals surface area contributed by atoms with Gasteiger partial charge in [0.2, 0.25) is 0 Å². The van der Waals surface area contributed by atoms with Crippen LogP contribution < -0.4 is 0 Å². The lowest BCUT2D eigenvalue weighted by atomic mass is 10.1. The Hall–Kier alpha value is -0.620. The molecule has 18 heavy (non-hydrogen) atoms. The molecule has 0 amide bonds. The van der Waals surface area contributed by atoms with Gasteiger partial charge >= 0.3 is 5.97 Å². The van der Waals surface area contributed by atoms with Crippen molar-refractivity contribution in [2.24, 2.45) is 11.3 Å². The van der Waals surface area contributed by atoms with Crippen LogP contribution in [0.15, 0.2) is 0 Å². The van der Waals surface area contributed by atoms with E-state index in [2.05, 4.69) is 4.74 Å². The Kier molecular flexibility index (Phi) is 3.96. The second-order valence-electron chi connectivity index (χ2n) is 5.54. The van der Waals surface area contributed by atoms with Gasteiger partial charge in [-0.2, -0.15) is 0 Å². The summed E-state index contributed by atoms with van der Waals surface area (Å²) in [7, 11) is -1.77. The van der Waals surface area contributed by atoms with Crippen LogP contribution in [-0.2, 0) is 24.1 Å². The smallest absolute Gasteiger partial charge is 0.306 e. The first kappa shape index (κ1) is 13.8. The maximum Gasteiger partial charge on any atom is 0.306 e. The SMILES string of the molecule is COC(=O)CC1(CS(=O)(=O)CC2CCOC2)CC1. The second kappa shape index (κ2) is 5.17. The Morgan fingerprint density at radius 3 is 2.67 bits per heavy atom. The average molecular weight is 276 g/mol. The molecule has 1 saturated heterocycles. The first-order chi connectivity index (χ1) is 8.45. The molecule has 0 aromatic rings. The Morgan fingerprint density at radius 2 is 2.17 bits per heavy atom. The topological polar surface area (TPSA) is 69.7 Å². The predicted molar refractivity (Wildman–Crippen MR) is 65.9 cm³/mol. The molecule has 2 fully saturated rings. The third-order valence-electron chi connectivity index (χ3n) is 3.74. The lowest BCUT2D eigenvalue weighted by molar-refractivity contribution is -0.141. The number of esters is 1. The van der Waals surface area contributed by atoms with Gasteiger partial charge in [0.25, 0.3) is 0 Å². The van der Waals surface area contributed by atoms with Gasteiger partial charge in [-0.1, -0.05) is 0 Å². The van der Waals surface area contributed by atoms with Crippen LogP contribution in [0.2, 0.25) is 0 Å². The highest BCUT2D eigenvalue weighted by Gasteiger charge is 2.48. The van der Waals surface area contributed by atoms with Gasteiger partial charge in [0, 0.05) is 6.61 Å². The summed E-state index contributed by atoms with van der Waals surface area (Å²) in [4.78, 5) is 11.3. The Balaban J connectivity index is 1.89. The molecule has 6 heteroatoms. The molecule has 0 bridgehead atoms. The molecule has 1 unspecified atom stereocenters. The van der Waals surface area contributed by atoms with Crippen LogP contribution >= 0.6 is 0 Å². The Morgan fingerprint density at radius 1 is 1.44 bits per heavy atom. The molecule has 104 valence electrons. The van der Waals surface area contributed by atoms with Crippen molar-refractivity contribution in [2.45, 2.75) is 25.7 Å². The van der Waals surface area contributed by atoms with Crippen LogP contribution in [0.3, 0.4) is 0 Å². The van der Waals surface area contributed by atoms with Gasteiger partial charge in [-0.3, -0.25) is 4.79 Å². The highest BCUT2D eigenvalue weighted by molar-refractivity contribution is 7.91. The van der Waals surface area contributed by atoms with Crippen molar-refractivity contribution in [3.05, 3.63) is 0 Å². The van der Waals surface area contributed by atoms with Gasteiger partial charge in [0.05, 0.1) is 31.6 Å². The van der Waals surface area contributed by atoms with Crippen molar-refractivity contribution >= 4 is 15.8 Å². The molecule has 1 aliphatic heterocycles. The van der Waals surface area contributed by atoms with E-state index < -0.39 is 9.84 Å². The van der Waals surface area contributed by atoms with Gasteiger partial charge in [0.1, 0.15) is 0 Å². The minimum Gasteiger partial charge on any atom is -0.469 e. The fraction of sp³-hybridized carbons (Fsp3) is 0.917. The lowest BCUT2D eigenvalue weighted by Crippen LogP contribution is -2.26. The van der Waals surface area contributed by atoms with Crippen molar-refractivity contribution in [1.29, 1.82) is 0 Å². The van der Waals surface area contributed by atoms with E-state index in [1.54, 1.807) is 0 Å². The van der Waals surface area contributed by atoms with Gasteiger partial charge in [-0.25, -0.2) is 8.42 Å². The molecule has 0 N–H and O–H groups in total. The predicted octanol–water partition coefficient (Wildman–Crippen LogP) is 0.781. The van der Waals surface area contributed by atoms with Crippen LogP contribution in [0.5, 0.6) is 0 Å². The van der Waals surface area contributed by atoms with E-state index in [0.29, 0.717) is 13.2 Å². The number of sulfone groups is 1. The molecule has 5 nitrogen and oxygen atoms in total. The monoisotopic (exact) mass is 276 g/mol. The first-order valence-corrected chi connectivity index (χ1v) is 8.12. The lowest BCUT2D eigenvalue weighted by Gasteiger charge is -2.15. The Bertz CT molecular complexity index is 404. The van der Waals surface area contributed by atoms with Crippen LogP contribution in [0.4, 0.5) is 0 Å². The highest BCUT2D eigenvalue weighted by Crippen LogP contribution is 2.50. The number of hydrogen-bond donors (Lipinski definition) is 0. The number of carbonyl (C=O) groups is 1. The first-order valence-electron chi connectivity index (χ1n) is 6.30. The van der Waals surface area contributed by atoms with Gasteiger partial charge in [0.15, 0.2) is 9.84 Å². The largest absolute Gasteiger partial charge is 0.469 e. The number of hydrogen-bond acceptors (Lipinski definition) is 5. The third-order valence-corrected chi connectivity index (χ3v) is 5.78. The zero-order chi connectivity index (χ0) is 13.2. The van der Waals surface area contributed by atoms with Crippen LogP contribution in [0.1, 0.15) is 25.7 Å². The minimum absolute atomic E-state index is 0.117. The van der Waals surface area contributed by atoms with Crippen LogP contribution in [0.25, 0.3) is 0 Å². The molecule has 1 heterocycles. The fourth-order valence-corrected chi connectivity index (χ4v) is 4.95. The van der Waals surface area contributed by atoms with Crippen molar-refractivity contribution < 1.29 is 22.7 Å². The van der Waals surface area contributed by atoms with Crippen molar-refractivity contribution in [1.82, 2.24) is 0 Å². The summed E-state index contributed by atoms with van der Waals surface area (Å²) in [6, 6.07) is 0. The summed E-state index contributed by atoms with van der Waals surface area (Å²) in [6.45, 7) is 1.21.